The summed E-state index contributed by atoms with van der Waals surface area (Å²) in [6.45, 7) is 4.69. The molecule has 0 aromatic carbocycles. The molecule has 71 heavy (non-hydrogen) atoms. The Morgan fingerprint density at radius 3 is 1.10 bits per heavy atom. The molecule has 0 rings (SSSR count). The van der Waals surface area contributed by atoms with Crippen LogP contribution >= 0.6 is 7.82 Å². The first kappa shape index (κ1) is 70.0. The number of carbonyl (C=O) groups excluding carboxylic acids is 1. The number of hydrogen-bond acceptors (Lipinski definition) is 6. The molecule has 0 heterocycles. The second kappa shape index (κ2) is 53.8. The number of allylic oxidation sites excluding steroid dienone is 3. The summed E-state index contributed by atoms with van der Waals surface area (Å²) in [6.07, 6.45) is 68.5. The van der Waals surface area contributed by atoms with Gasteiger partial charge in [0.15, 0.2) is 0 Å². The van der Waals surface area contributed by atoms with Gasteiger partial charge in [-0.25, -0.2) is 0 Å². The van der Waals surface area contributed by atoms with Crippen molar-refractivity contribution in [2.24, 2.45) is 0 Å². The third kappa shape index (κ3) is 56.5. The number of nitrogens with one attached hydrogen (secondary N) is 1. The third-order valence-corrected chi connectivity index (χ3v) is 15.4. The molecule has 0 aromatic heterocycles. The highest BCUT2D eigenvalue weighted by molar-refractivity contribution is 7.45. The molecule has 0 saturated heterocycles. The third-order valence-electron chi connectivity index (χ3n) is 14.4. The van der Waals surface area contributed by atoms with Crippen LogP contribution in [0.5, 0.6) is 0 Å². The minimum Gasteiger partial charge on any atom is -0.756 e. The molecule has 0 fully saturated rings. The van der Waals surface area contributed by atoms with Crippen LogP contribution in [-0.4, -0.2) is 68.5 Å². The lowest BCUT2D eigenvalue weighted by atomic mass is 10.0. The molecule has 0 bridgehead atoms. The summed E-state index contributed by atoms with van der Waals surface area (Å²) in [6, 6.07) is -0.883. The van der Waals surface area contributed by atoms with Crippen molar-refractivity contribution in [1.29, 1.82) is 0 Å². The first-order chi connectivity index (χ1) is 34.5. The van der Waals surface area contributed by atoms with Crippen LogP contribution in [0.25, 0.3) is 0 Å². The van der Waals surface area contributed by atoms with Crippen LogP contribution in [0.2, 0.25) is 0 Å². The van der Waals surface area contributed by atoms with Gasteiger partial charge in [-0.05, 0) is 44.9 Å². The number of quaternary nitrogens is 1. The average Bonchev–Trinajstić information content (AvgIpc) is 3.33. The van der Waals surface area contributed by atoms with Gasteiger partial charge in [0.2, 0.25) is 5.91 Å². The highest BCUT2D eigenvalue weighted by Gasteiger charge is 2.23. The maximum atomic E-state index is 13.0. The summed E-state index contributed by atoms with van der Waals surface area (Å²) < 4.78 is 23.4. The topological polar surface area (TPSA) is 108 Å². The maximum absolute atomic E-state index is 13.0. The van der Waals surface area contributed by atoms with Gasteiger partial charge in [-0.1, -0.05) is 289 Å². The maximum Gasteiger partial charge on any atom is 0.268 e. The molecule has 0 saturated carbocycles. The zero-order valence-electron chi connectivity index (χ0n) is 48.2. The van der Waals surface area contributed by atoms with Crippen LogP contribution in [0.1, 0.15) is 316 Å². The van der Waals surface area contributed by atoms with Crippen molar-refractivity contribution >= 4 is 13.7 Å². The summed E-state index contributed by atoms with van der Waals surface area (Å²) in [5.41, 5.74) is 0. The molecule has 0 aliphatic carbocycles. The minimum atomic E-state index is -4.59. The minimum absolute atomic E-state index is 0.00171. The monoisotopic (exact) mass is 1020 g/mol. The van der Waals surface area contributed by atoms with E-state index in [0.29, 0.717) is 17.4 Å². The first-order valence-corrected chi connectivity index (χ1v) is 32.7. The van der Waals surface area contributed by atoms with Crippen molar-refractivity contribution in [2.45, 2.75) is 328 Å². The van der Waals surface area contributed by atoms with E-state index in [1.54, 1.807) is 6.08 Å². The second-order valence-corrected chi connectivity index (χ2v) is 24.2. The average molecular weight is 1020 g/mol. The van der Waals surface area contributed by atoms with Crippen LogP contribution in [-0.2, 0) is 18.4 Å². The van der Waals surface area contributed by atoms with E-state index < -0.39 is 20.0 Å². The van der Waals surface area contributed by atoms with Crippen LogP contribution in [0, 0.1) is 0 Å². The predicted molar refractivity (Wildman–Crippen MR) is 307 cm³/mol. The number of aliphatic hydroxyl groups is 1. The van der Waals surface area contributed by atoms with Gasteiger partial charge < -0.3 is 28.8 Å². The molecule has 8 nitrogen and oxygen atoms in total. The number of hydrogen-bond donors (Lipinski definition) is 2. The molecule has 3 unspecified atom stereocenters. The molecule has 0 aliphatic heterocycles. The highest BCUT2D eigenvalue weighted by Crippen LogP contribution is 2.38. The highest BCUT2D eigenvalue weighted by atomic mass is 31.2. The fourth-order valence-corrected chi connectivity index (χ4v) is 10.2. The molecule has 2 N–H and O–H groups in total. The molecular formula is C62H123N2O6P. The number of unbranched alkanes of at least 4 members (excludes halogenated alkanes) is 43. The Morgan fingerprint density at radius 1 is 0.479 bits per heavy atom. The van der Waals surface area contributed by atoms with E-state index in [1.165, 1.54) is 257 Å². The van der Waals surface area contributed by atoms with Crippen molar-refractivity contribution in [2.75, 3.05) is 40.9 Å². The second-order valence-electron chi connectivity index (χ2n) is 22.8. The lowest BCUT2D eigenvalue weighted by Gasteiger charge is -2.29. The molecule has 1 amide bonds. The van der Waals surface area contributed by atoms with Crippen molar-refractivity contribution in [3.8, 4) is 0 Å². The summed E-state index contributed by atoms with van der Waals surface area (Å²) in [5, 5.41) is 13.9. The van der Waals surface area contributed by atoms with Crippen molar-refractivity contribution in [3.05, 3.63) is 24.3 Å². The van der Waals surface area contributed by atoms with Gasteiger partial charge in [0.25, 0.3) is 7.82 Å². The van der Waals surface area contributed by atoms with Crippen LogP contribution < -0.4 is 10.2 Å². The Hall–Kier alpha value is -1.02. The number of rotatable bonds is 58. The Kier molecular flexibility index (Phi) is 53.0. The zero-order valence-corrected chi connectivity index (χ0v) is 49.1. The van der Waals surface area contributed by atoms with Gasteiger partial charge in [0.05, 0.1) is 39.9 Å². The zero-order chi connectivity index (χ0) is 52.0. The van der Waals surface area contributed by atoms with E-state index in [9.17, 15) is 19.4 Å². The Bertz CT molecular complexity index is 1210. The quantitative estimate of drug-likeness (QED) is 0.0272. The van der Waals surface area contributed by atoms with E-state index in [-0.39, 0.29) is 19.1 Å². The van der Waals surface area contributed by atoms with E-state index in [0.717, 1.165) is 38.5 Å². The fourth-order valence-electron chi connectivity index (χ4n) is 9.50. The summed E-state index contributed by atoms with van der Waals surface area (Å²) >= 11 is 0. The SMILES string of the molecule is CCCCCCCCCC/C=C\CCCCCCCCCCCCCCCCCCCCCCCC(=O)NC(COP(=O)([O-])OCC[N+](C)(C)C)C(O)/C=C/CCCCCCCCCCCCCCCC. The molecule has 3 atom stereocenters. The Balaban J connectivity index is 4.00. The summed E-state index contributed by atoms with van der Waals surface area (Å²) in [7, 11) is 1.28. The Labute approximate surface area is 443 Å². The number of likely N-dealkylation sites (N-methyl/N-ethyl adjacent to an activating group) is 1. The van der Waals surface area contributed by atoms with E-state index in [4.69, 9.17) is 9.05 Å². The van der Waals surface area contributed by atoms with Crippen molar-refractivity contribution < 1.29 is 32.9 Å². The molecule has 0 radical (unpaired) electrons. The van der Waals surface area contributed by atoms with E-state index in [1.807, 2.05) is 27.2 Å². The van der Waals surface area contributed by atoms with Gasteiger partial charge in [0.1, 0.15) is 13.2 Å². The molecular weight excluding hydrogens is 900 g/mol. The molecule has 422 valence electrons. The number of nitrogens with zero attached hydrogens (tertiary/aromatic N) is 1. The predicted octanol–water partition coefficient (Wildman–Crippen LogP) is 18.5. The smallest absolute Gasteiger partial charge is 0.268 e. The van der Waals surface area contributed by atoms with Gasteiger partial charge in [0, 0.05) is 6.42 Å². The summed E-state index contributed by atoms with van der Waals surface area (Å²) in [4.78, 5) is 25.5. The van der Waals surface area contributed by atoms with Crippen LogP contribution in [0.15, 0.2) is 24.3 Å². The van der Waals surface area contributed by atoms with Gasteiger partial charge in [-0.15, -0.1) is 0 Å². The largest absolute Gasteiger partial charge is 0.756 e. The first-order valence-electron chi connectivity index (χ1n) is 31.2. The van der Waals surface area contributed by atoms with E-state index >= 15 is 0 Å². The summed E-state index contributed by atoms with van der Waals surface area (Å²) in [5.74, 6) is -0.191. The number of amides is 1. The van der Waals surface area contributed by atoms with Gasteiger partial charge in [-0.2, -0.15) is 0 Å². The van der Waals surface area contributed by atoms with Crippen LogP contribution in [0.3, 0.4) is 0 Å². The normalized spacial score (nSPS) is 14.0. The lowest BCUT2D eigenvalue weighted by Crippen LogP contribution is -2.45. The van der Waals surface area contributed by atoms with Crippen molar-refractivity contribution in [3.63, 3.8) is 0 Å². The number of phosphoric ester groups is 1. The molecule has 0 spiro atoms. The number of aliphatic hydroxyl groups excluding tert-OH is 1. The standard InChI is InChI=1S/C62H123N2O6P/c1-6-8-10-12-14-16-18-20-22-24-25-26-27-28-29-30-31-32-33-34-35-36-37-38-39-40-42-44-46-48-50-52-54-56-62(66)63-60(59-70-71(67,68)69-58-57-64(3,4)5)61(65)55-53-51-49-47-45-43-41-23-21-19-17-15-13-11-9-7-2/h24-25,53,55,60-61,65H,6-23,26-52,54,56-59H2,1-5H3,(H-,63,66,67,68)/b25-24-,55-53+. The fraction of sp³-hybridized carbons (Fsp3) is 0.919. The van der Waals surface area contributed by atoms with Crippen molar-refractivity contribution in [1.82, 2.24) is 5.32 Å². The lowest BCUT2D eigenvalue weighted by molar-refractivity contribution is -0.870. The number of phosphoric acid groups is 1. The molecule has 9 heteroatoms. The Morgan fingerprint density at radius 2 is 0.775 bits per heavy atom. The molecule has 0 aromatic rings. The van der Waals surface area contributed by atoms with Gasteiger partial charge in [-0.3, -0.25) is 9.36 Å². The molecule has 0 aliphatic rings. The van der Waals surface area contributed by atoms with Gasteiger partial charge >= 0.3 is 0 Å². The number of carbonyl (C=O) groups is 1. The van der Waals surface area contributed by atoms with E-state index in [2.05, 4.69) is 31.3 Å². The van der Waals surface area contributed by atoms with Crippen LogP contribution in [0.4, 0.5) is 0 Å².